The van der Waals surface area contributed by atoms with Gasteiger partial charge in [-0.1, -0.05) is 26.0 Å². The minimum atomic E-state index is -0.669. The molecule has 4 rings (SSSR count). The van der Waals surface area contributed by atoms with Crippen LogP contribution in [0.3, 0.4) is 0 Å². The lowest BCUT2D eigenvalue weighted by atomic mass is 9.72. The number of aromatic nitrogens is 1. The Labute approximate surface area is 176 Å². The van der Waals surface area contributed by atoms with Crippen molar-refractivity contribution >= 4 is 23.2 Å². The maximum atomic E-state index is 14.2. The van der Waals surface area contributed by atoms with Crippen LogP contribution in [-0.2, 0) is 22.4 Å². The molecule has 6 heteroatoms. The van der Waals surface area contributed by atoms with E-state index in [4.69, 9.17) is 15.5 Å². The highest BCUT2D eigenvalue weighted by atomic mass is 19.1. The first kappa shape index (κ1) is 20.5. The number of nitrogens with two attached hydrogens (primary N) is 1. The Morgan fingerprint density at radius 2 is 2.13 bits per heavy atom. The van der Waals surface area contributed by atoms with Gasteiger partial charge in [0.1, 0.15) is 11.7 Å². The van der Waals surface area contributed by atoms with Crippen LogP contribution >= 0.6 is 0 Å². The molecule has 1 aliphatic carbocycles. The van der Waals surface area contributed by atoms with Gasteiger partial charge in [-0.05, 0) is 61.8 Å². The Morgan fingerprint density at radius 1 is 1.37 bits per heavy atom. The molecule has 2 atom stereocenters. The summed E-state index contributed by atoms with van der Waals surface area (Å²) < 4.78 is 19.5. The van der Waals surface area contributed by atoms with E-state index in [9.17, 15) is 9.18 Å². The number of hydrogen-bond acceptors (Lipinski definition) is 5. The molecular weight excluding hydrogens is 381 g/mol. The third kappa shape index (κ3) is 3.48. The van der Waals surface area contributed by atoms with Gasteiger partial charge in [0.05, 0.1) is 6.61 Å². The second-order valence-electron chi connectivity index (χ2n) is 9.04. The molecule has 2 heterocycles. The average Bonchev–Trinajstić information content (AvgIpc) is 2.67. The van der Waals surface area contributed by atoms with Crippen LogP contribution in [0.5, 0.6) is 0 Å². The van der Waals surface area contributed by atoms with Crippen molar-refractivity contribution in [2.45, 2.75) is 52.9 Å². The normalized spacial score (nSPS) is 22.0. The summed E-state index contributed by atoms with van der Waals surface area (Å²) in [7, 11) is 0. The van der Waals surface area contributed by atoms with Gasteiger partial charge in [0, 0.05) is 28.6 Å². The molecule has 2 aliphatic rings. The smallest absolute Gasteiger partial charge is 0.315 e. The number of nitrogens with zero attached hydrogens (tertiary/aromatic N) is 2. The van der Waals surface area contributed by atoms with Gasteiger partial charge in [-0.15, -0.1) is 0 Å². The minimum Gasteiger partial charge on any atom is -0.465 e. The number of hydrogen-bond donors (Lipinski definition) is 1. The Morgan fingerprint density at radius 3 is 2.83 bits per heavy atom. The van der Waals surface area contributed by atoms with E-state index in [0.29, 0.717) is 28.3 Å². The number of rotatable bonds is 3. The van der Waals surface area contributed by atoms with E-state index in [0.717, 1.165) is 30.5 Å². The lowest BCUT2D eigenvalue weighted by Crippen LogP contribution is -2.35. The molecule has 2 N–H and O–H groups in total. The standard InChI is InChI=1S/C24H28FN3O2/c1-5-30-23(29)18-13(2)27-22-20(19(18)14-7-6-8-15(25)11-14)21(26)16-12-24(3,4)10-9-17(16)28-22/h6-8,11,18-19H,5,9-10,12H2,1-4H3,(H2,26,28). The predicted octanol–water partition coefficient (Wildman–Crippen LogP) is 4.74. The van der Waals surface area contributed by atoms with Crippen LogP contribution in [0.15, 0.2) is 29.3 Å². The fourth-order valence-corrected chi connectivity index (χ4v) is 4.76. The molecule has 0 spiro atoms. The summed E-state index contributed by atoms with van der Waals surface area (Å²) in [5, 5.41) is 0. The second kappa shape index (κ2) is 7.49. The number of fused-ring (bicyclic) bond motifs is 2. The minimum absolute atomic E-state index is 0.125. The van der Waals surface area contributed by atoms with Gasteiger partial charge in [0.2, 0.25) is 0 Å². The lowest BCUT2D eigenvalue weighted by molar-refractivity contribution is -0.146. The van der Waals surface area contributed by atoms with E-state index in [1.807, 2.05) is 6.07 Å². The quantitative estimate of drug-likeness (QED) is 0.743. The number of halogens is 1. The van der Waals surface area contributed by atoms with Gasteiger partial charge in [-0.25, -0.2) is 14.4 Å². The number of anilines is 1. The van der Waals surface area contributed by atoms with Crippen LogP contribution in [0, 0.1) is 17.2 Å². The van der Waals surface area contributed by atoms with Crippen molar-refractivity contribution in [1.82, 2.24) is 4.98 Å². The molecule has 0 amide bonds. The highest BCUT2D eigenvalue weighted by Gasteiger charge is 2.42. The van der Waals surface area contributed by atoms with Crippen molar-refractivity contribution in [2.75, 3.05) is 12.3 Å². The number of benzene rings is 1. The van der Waals surface area contributed by atoms with Crippen molar-refractivity contribution in [3.63, 3.8) is 0 Å². The molecule has 0 radical (unpaired) electrons. The molecular formula is C24H28FN3O2. The first-order valence-electron chi connectivity index (χ1n) is 10.5. The summed E-state index contributed by atoms with van der Waals surface area (Å²) in [4.78, 5) is 22.5. The number of nitrogen functional groups attached to an aromatic ring is 1. The van der Waals surface area contributed by atoms with Gasteiger partial charge >= 0.3 is 5.97 Å². The van der Waals surface area contributed by atoms with Crippen LogP contribution in [0.1, 0.15) is 62.4 Å². The summed E-state index contributed by atoms with van der Waals surface area (Å²) in [5.74, 6) is -1.36. The van der Waals surface area contributed by atoms with Crippen molar-refractivity contribution in [1.29, 1.82) is 0 Å². The number of aliphatic imine (C=N–C) groups is 1. The monoisotopic (exact) mass is 409 g/mol. The first-order chi connectivity index (χ1) is 14.2. The van der Waals surface area contributed by atoms with E-state index >= 15 is 0 Å². The molecule has 1 aliphatic heterocycles. The molecule has 1 aromatic carbocycles. The topological polar surface area (TPSA) is 77.6 Å². The Hall–Kier alpha value is -2.76. The van der Waals surface area contributed by atoms with Crippen LogP contribution in [0.25, 0.3) is 0 Å². The Balaban J connectivity index is 1.96. The fraction of sp³-hybridized carbons (Fsp3) is 0.458. The van der Waals surface area contributed by atoms with E-state index in [1.54, 1.807) is 19.9 Å². The molecule has 1 aromatic heterocycles. The first-order valence-corrected chi connectivity index (χ1v) is 10.5. The van der Waals surface area contributed by atoms with Crippen molar-refractivity contribution in [2.24, 2.45) is 16.3 Å². The van der Waals surface area contributed by atoms with Gasteiger partial charge in [-0.3, -0.25) is 4.79 Å². The third-order valence-corrected chi connectivity index (χ3v) is 6.26. The van der Waals surface area contributed by atoms with E-state index < -0.39 is 11.8 Å². The number of ether oxygens (including phenoxy) is 1. The summed E-state index contributed by atoms with van der Waals surface area (Å²) in [6, 6.07) is 6.33. The van der Waals surface area contributed by atoms with Crippen LogP contribution in [0.4, 0.5) is 15.9 Å². The summed E-state index contributed by atoms with van der Waals surface area (Å²) >= 11 is 0. The molecule has 2 aromatic rings. The number of carbonyl (C=O) groups is 1. The van der Waals surface area contributed by atoms with Crippen LogP contribution in [-0.4, -0.2) is 23.3 Å². The Bertz CT molecular complexity index is 1040. The van der Waals surface area contributed by atoms with Crippen LogP contribution in [0.2, 0.25) is 0 Å². The van der Waals surface area contributed by atoms with E-state index in [1.165, 1.54) is 12.1 Å². The molecule has 2 unspecified atom stereocenters. The SMILES string of the molecule is CCOC(=O)C1C(C)=Nc2nc3c(c(N)c2C1c1cccc(F)c1)CC(C)(C)CC3. The third-order valence-electron chi connectivity index (χ3n) is 6.26. The molecule has 0 saturated heterocycles. The molecule has 30 heavy (non-hydrogen) atoms. The summed E-state index contributed by atoms with van der Waals surface area (Å²) in [6.07, 6.45) is 2.70. The molecule has 0 bridgehead atoms. The zero-order valence-corrected chi connectivity index (χ0v) is 18.0. The van der Waals surface area contributed by atoms with Gasteiger partial charge in [0.15, 0.2) is 5.82 Å². The van der Waals surface area contributed by atoms with Gasteiger partial charge in [0.25, 0.3) is 0 Å². The number of pyridine rings is 1. The maximum Gasteiger partial charge on any atom is 0.315 e. The second-order valence-corrected chi connectivity index (χ2v) is 9.04. The highest BCUT2D eigenvalue weighted by molar-refractivity contribution is 6.05. The number of aryl methyl sites for hydroxylation is 1. The summed E-state index contributed by atoms with van der Waals surface area (Å²) in [6.45, 7) is 8.28. The molecule has 0 saturated carbocycles. The van der Waals surface area contributed by atoms with Gasteiger partial charge < -0.3 is 10.5 Å². The summed E-state index contributed by atoms with van der Waals surface area (Å²) in [5.41, 5.74) is 11.5. The number of esters is 1. The molecule has 0 fully saturated rings. The van der Waals surface area contributed by atoms with E-state index in [-0.39, 0.29) is 23.8 Å². The highest BCUT2D eigenvalue weighted by Crippen LogP contribution is 2.48. The van der Waals surface area contributed by atoms with Crippen molar-refractivity contribution < 1.29 is 13.9 Å². The number of carbonyl (C=O) groups excluding carboxylic acids is 1. The predicted molar refractivity (Wildman–Crippen MR) is 116 cm³/mol. The zero-order chi connectivity index (χ0) is 21.6. The largest absolute Gasteiger partial charge is 0.465 e. The lowest BCUT2D eigenvalue weighted by Gasteiger charge is -2.36. The zero-order valence-electron chi connectivity index (χ0n) is 18.0. The average molecular weight is 410 g/mol. The van der Waals surface area contributed by atoms with E-state index in [2.05, 4.69) is 18.8 Å². The maximum absolute atomic E-state index is 14.2. The van der Waals surface area contributed by atoms with Gasteiger partial charge in [-0.2, -0.15) is 0 Å². The molecule has 158 valence electrons. The Kier molecular flexibility index (Phi) is 5.12. The fourth-order valence-electron chi connectivity index (χ4n) is 4.76. The van der Waals surface area contributed by atoms with Crippen molar-refractivity contribution in [3.8, 4) is 0 Å². The van der Waals surface area contributed by atoms with Crippen molar-refractivity contribution in [3.05, 3.63) is 52.5 Å². The molecule has 5 nitrogen and oxygen atoms in total. The van der Waals surface area contributed by atoms with Crippen LogP contribution < -0.4 is 5.73 Å².